The number of aliphatic imine (C=N–C) groups is 1. The predicted molar refractivity (Wildman–Crippen MR) is 180 cm³/mol. The zero-order valence-electron chi connectivity index (χ0n) is 22.8. The van der Waals surface area contributed by atoms with Crippen LogP contribution < -0.4 is 5.73 Å². The Bertz CT molecular complexity index is 2070. The zero-order valence-corrected chi connectivity index (χ0v) is 23.6. The lowest BCUT2D eigenvalue weighted by Gasteiger charge is -2.07. The Balaban J connectivity index is 1.15. The van der Waals surface area contributed by atoms with Crippen LogP contribution >= 0.6 is 11.3 Å². The molecule has 0 amide bonds. The summed E-state index contributed by atoms with van der Waals surface area (Å²) in [5, 5.41) is 11.1. The van der Waals surface area contributed by atoms with Crippen molar-refractivity contribution in [3.8, 4) is 33.4 Å². The highest BCUT2D eigenvalue weighted by Crippen LogP contribution is 2.41. The lowest BCUT2D eigenvalue weighted by atomic mass is 9.99. The highest BCUT2D eigenvalue weighted by Gasteiger charge is 2.12. The molecule has 42 heavy (non-hydrogen) atoms. The van der Waals surface area contributed by atoms with E-state index >= 15 is 0 Å². The van der Waals surface area contributed by atoms with E-state index in [9.17, 15) is 0 Å². The van der Waals surface area contributed by atoms with E-state index in [1.807, 2.05) is 72.0 Å². The van der Waals surface area contributed by atoms with Gasteiger partial charge in [-0.1, -0.05) is 133 Å². The molecule has 6 aromatic carbocycles. The number of thiophene rings is 1. The molecule has 0 saturated heterocycles. The highest BCUT2D eigenvalue weighted by molar-refractivity contribution is 7.26. The maximum atomic E-state index is 8.59. The predicted octanol–water partition coefficient (Wildman–Crippen LogP) is 9.79. The van der Waals surface area contributed by atoms with Crippen LogP contribution in [0.15, 0.2) is 151 Å². The number of rotatable bonds is 5. The van der Waals surface area contributed by atoms with Crippen LogP contribution in [0.5, 0.6) is 0 Å². The van der Waals surface area contributed by atoms with E-state index in [0.717, 1.165) is 27.8 Å². The summed E-state index contributed by atoms with van der Waals surface area (Å²) in [5.41, 5.74) is 14.8. The van der Waals surface area contributed by atoms with E-state index in [0.29, 0.717) is 5.84 Å². The van der Waals surface area contributed by atoms with Gasteiger partial charge in [0, 0.05) is 31.3 Å². The van der Waals surface area contributed by atoms with E-state index in [1.165, 1.54) is 36.9 Å². The van der Waals surface area contributed by atoms with Crippen molar-refractivity contribution in [3.05, 3.63) is 157 Å². The molecule has 0 aliphatic heterocycles. The molecule has 3 nitrogen and oxygen atoms in total. The summed E-state index contributed by atoms with van der Waals surface area (Å²) >= 11 is 1.82. The summed E-state index contributed by atoms with van der Waals surface area (Å²) < 4.78 is 2.54. The highest BCUT2D eigenvalue weighted by atomic mass is 32.1. The van der Waals surface area contributed by atoms with Gasteiger partial charge in [-0.2, -0.15) is 0 Å². The molecule has 0 aliphatic carbocycles. The summed E-state index contributed by atoms with van der Waals surface area (Å²) in [4.78, 5) is 4.41. The van der Waals surface area contributed by atoms with Gasteiger partial charge in [-0.3, -0.25) is 5.41 Å². The number of benzene rings is 6. The first kappa shape index (κ1) is 25.6. The molecular formula is C38H27N3S. The Labute approximate surface area is 248 Å². The normalized spacial score (nSPS) is 11.7. The van der Waals surface area contributed by atoms with Gasteiger partial charge in [-0.25, -0.2) is 4.99 Å². The van der Waals surface area contributed by atoms with Crippen molar-refractivity contribution in [1.29, 1.82) is 5.41 Å². The minimum atomic E-state index is 0.139. The monoisotopic (exact) mass is 557 g/mol. The maximum absolute atomic E-state index is 8.59. The van der Waals surface area contributed by atoms with Crippen LogP contribution in [0.1, 0.15) is 11.1 Å². The van der Waals surface area contributed by atoms with Gasteiger partial charge < -0.3 is 5.73 Å². The first-order valence-corrected chi connectivity index (χ1v) is 14.7. The quantitative estimate of drug-likeness (QED) is 0.161. The van der Waals surface area contributed by atoms with Crippen LogP contribution in [0.3, 0.4) is 0 Å². The Morgan fingerprint density at radius 2 is 1.10 bits per heavy atom. The SMILES string of the molecule is N=C(/N=C(\N)c1ccc(-c2ccccc2)cc1)c1ccc(-c2cccc3c2sc2ccc(-c4ccccc4)cc23)cc1. The molecule has 0 fully saturated rings. The largest absolute Gasteiger partial charge is 0.383 e. The van der Waals surface area contributed by atoms with Gasteiger partial charge in [0.1, 0.15) is 5.84 Å². The number of amidine groups is 2. The van der Waals surface area contributed by atoms with Gasteiger partial charge in [0.25, 0.3) is 0 Å². The molecule has 7 aromatic rings. The van der Waals surface area contributed by atoms with Gasteiger partial charge >= 0.3 is 0 Å². The summed E-state index contributed by atoms with van der Waals surface area (Å²) in [6.07, 6.45) is 0. The van der Waals surface area contributed by atoms with Crippen LogP contribution in [0.2, 0.25) is 0 Å². The topological polar surface area (TPSA) is 62.2 Å². The smallest absolute Gasteiger partial charge is 0.154 e. The molecule has 3 N–H and O–H groups in total. The number of nitrogens with one attached hydrogen (secondary N) is 1. The third-order valence-corrected chi connectivity index (χ3v) is 8.81. The fourth-order valence-corrected chi connectivity index (χ4v) is 6.58. The van der Waals surface area contributed by atoms with Crippen LogP contribution in [-0.2, 0) is 0 Å². The fourth-order valence-electron chi connectivity index (χ4n) is 5.36. The van der Waals surface area contributed by atoms with Crippen molar-refractivity contribution in [3.63, 3.8) is 0 Å². The first-order chi connectivity index (χ1) is 20.6. The van der Waals surface area contributed by atoms with Gasteiger partial charge in [0.2, 0.25) is 0 Å². The average Bonchev–Trinajstić information content (AvgIpc) is 3.44. The number of hydrogen-bond donors (Lipinski definition) is 2. The first-order valence-electron chi connectivity index (χ1n) is 13.8. The fraction of sp³-hybridized carbons (Fsp3) is 0. The van der Waals surface area contributed by atoms with Crippen molar-refractivity contribution in [2.45, 2.75) is 0 Å². The van der Waals surface area contributed by atoms with Gasteiger partial charge in [-0.05, 0) is 45.5 Å². The second kappa shape index (κ2) is 10.9. The van der Waals surface area contributed by atoms with Crippen molar-refractivity contribution < 1.29 is 0 Å². The molecule has 200 valence electrons. The van der Waals surface area contributed by atoms with Crippen molar-refractivity contribution in [2.24, 2.45) is 10.7 Å². The molecule has 0 spiro atoms. The second-order valence-corrected chi connectivity index (χ2v) is 11.3. The standard InChI is InChI=1S/C38H27N3S/c39-37(29-18-14-27(15-19-29)25-8-3-1-4-9-25)41-38(40)30-20-16-28(17-21-30)32-12-7-13-33-34-24-31(26-10-5-2-6-11-26)22-23-35(34)42-36(32)33/h1-24H,(H3,39,40,41). The van der Waals surface area contributed by atoms with E-state index in [1.54, 1.807) is 0 Å². The summed E-state index contributed by atoms with van der Waals surface area (Å²) in [6.45, 7) is 0. The Morgan fingerprint density at radius 1 is 0.524 bits per heavy atom. The van der Waals surface area contributed by atoms with Gasteiger partial charge in [0.15, 0.2) is 5.84 Å². The molecule has 7 rings (SSSR count). The average molecular weight is 558 g/mol. The molecule has 4 heteroatoms. The van der Waals surface area contributed by atoms with E-state index in [2.05, 4.69) is 89.9 Å². The van der Waals surface area contributed by atoms with Crippen molar-refractivity contribution >= 4 is 43.2 Å². The molecule has 1 aromatic heterocycles. The van der Waals surface area contributed by atoms with E-state index in [4.69, 9.17) is 11.1 Å². The molecule has 1 heterocycles. The molecule has 0 atom stereocenters. The number of hydrogen-bond acceptors (Lipinski definition) is 2. The summed E-state index contributed by atoms with van der Waals surface area (Å²) in [5.74, 6) is 0.466. The Morgan fingerprint density at radius 3 is 1.79 bits per heavy atom. The number of nitrogens with zero attached hydrogens (tertiary/aromatic N) is 1. The number of nitrogens with two attached hydrogens (primary N) is 1. The van der Waals surface area contributed by atoms with Crippen molar-refractivity contribution in [2.75, 3.05) is 0 Å². The van der Waals surface area contributed by atoms with E-state index < -0.39 is 0 Å². The zero-order chi connectivity index (χ0) is 28.5. The summed E-state index contributed by atoms with van der Waals surface area (Å²) in [6, 6.07) is 50.0. The lowest BCUT2D eigenvalue weighted by molar-refractivity contribution is 1.40. The lowest BCUT2D eigenvalue weighted by Crippen LogP contribution is -2.15. The molecule has 0 bridgehead atoms. The molecular weight excluding hydrogens is 531 g/mol. The molecule has 0 aliphatic rings. The molecule has 0 saturated carbocycles. The van der Waals surface area contributed by atoms with Crippen molar-refractivity contribution in [1.82, 2.24) is 0 Å². The van der Waals surface area contributed by atoms with Crippen LogP contribution in [0, 0.1) is 5.41 Å². The van der Waals surface area contributed by atoms with Crippen LogP contribution in [-0.4, -0.2) is 11.7 Å². The number of fused-ring (bicyclic) bond motifs is 3. The van der Waals surface area contributed by atoms with E-state index in [-0.39, 0.29) is 5.84 Å². The van der Waals surface area contributed by atoms with Gasteiger partial charge in [-0.15, -0.1) is 11.3 Å². The minimum absolute atomic E-state index is 0.139. The second-order valence-electron chi connectivity index (χ2n) is 10.2. The Hall–Kier alpha value is -5.32. The van der Waals surface area contributed by atoms with Crippen LogP contribution in [0.25, 0.3) is 53.6 Å². The van der Waals surface area contributed by atoms with Gasteiger partial charge in [0.05, 0.1) is 0 Å². The minimum Gasteiger partial charge on any atom is -0.383 e. The van der Waals surface area contributed by atoms with Crippen LogP contribution in [0.4, 0.5) is 0 Å². The molecule has 0 radical (unpaired) electrons. The maximum Gasteiger partial charge on any atom is 0.154 e. The molecule has 0 unspecified atom stereocenters. The summed E-state index contributed by atoms with van der Waals surface area (Å²) in [7, 11) is 0. The third-order valence-electron chi connectivity index (χ3n) is 7.59. The Kier molecular flexibility index (Phi) is 6.67. The third kappa shape index (κ3) is 4.89.